The van der Waals surface area contributed by atoms with Gasteiger partial charge in [-0.05, 0) is 26.3 Å². The molecule has 0 saturated carbocycles. The summed E-state index contributed by atoms with van der Waals surface area (Å²) in [5, 5.41) is 10.4. The van der Waals surface area contributed by atoms with Crippen LogP contribution in [0, 0.1) is 0 Å². The van der Waals surface area contributed by atoms with Gasteiger partial charge >= 0.3 is 6.09 Å². The van der Waals surface area contributed by atoms with Crippen molar-refractivity contribution in [2.45, 2.75) is 38.3 Å². The summed E-state index contributed by atoms with van der Waals surface area (Å²) in [4.78, 5) is 11.8. The van der Waals surface area contributed by atoms with Gasteiger partial charge in [0.15, 0.2) is 0 Å². The molecule has 1 aliphatic heterocycles. The Hall–Kier alpha value is -1.56. The van der Waals surface area contributed by atoms with Gasteiger partial charge in [-0.25, -0.2) is 4.79 Å². The summed E-state index contributed by atoms with van der Waals surface area (Å²) >= 11 is 0. The van der Waals surface area contributed by atoms with Gasteiger partial charge < -0.3 is 15.4 Å². The smallest absolute Gasteiger partial charge is 0.407 e. The Morgan fingerprint density at radius 1 is 1.53 bits per heavy atom. The van der Waals surface area contributed by atoms with Crippen molar-refractivity contribution in [3.8, 4) is 0 Å². The lowest BCUT2D eigenvalue weighted by molar-refractivity contribution is 0.0504. The Bertz CT molecular complexity index is 450. The summed E-state index contributed by atoms with van der Waals surface area (Å²) in [6.07, 6.45) is 3.47. The second-order valence-corrected chi connectivity index (χ2v) is 5.96. The van der Waals surface area contributed by atoms with E-state index in [4.69, 9.17) is 4.74 Å². The third-order valence-corrected chi connectivity index (χ3v) is 3.07. The topological polar surface area (TPSA) is 68.2 Å². The standard InChI is InChI=1S/C13H22N4O2/c1-13(2,3)19-12(18)16-11-7-14-6-10(11)9-5-15-17(4)8-9/h5,8,10-11,14H,6-7H2,1-4H3,(H,16,18)/t10-,11+/m1/s1. The summed E-state index contributed by atoms with van der Waals surface area (Å²) in [6, 6.07) is 0.0408. The average molecular weight is 266 g/mol. The van der Waals surface area contributed by atoms with Crippen LogP contribution >= 0.6 is 0 Å². The monoisotopic (exact) mass is 266 g/mol. The van der Waals surface area contributed by atoms with Crippen molar-refractivity contribution >= 4 is 6.09 Å². The van der Waals surface area contributed by atoms with E-state index in [1.807, 2.05) is 40.2 Å². The molecular weight excluding hydrogens is 244 g/mol. The maximum Gasteiger partial charge on any atom is 0.407 e. The Morgan fingerprint density at radius 3 is 2.84 bits per heavy atom. The molecule has 1 aromatic rings. The Balaban J connectivity index is 1.98. The molecule has 1 saturated heterocycles. The minimum atomic E-state index is -0.472. The van der Waals surface area contributed by atoms with Crippen LogP contribution in [0.15, 0.2) is 12.4 Å². The lowest BCUT2D eigenvalue weighted by Gasteiger charge is -2.23. The third kappa shape index (κ3) is 3.70. The number of aromatic nitrogens is 2. The highest BCUT2D eigenvalue weighted by Gasteiger charge is 2.31. The van der Waals surface area contributed by atoms with Gasteiger partial charge in [-0.3, -0.25) is 4.68 Å². The minimum Gasteiger partial charge on any atom is -0.444 e. The molecule has 0 aromatic carbocycles. The first-order chi connectivity index (χ1) is 8.85. The molecule has 19 heavy (non-hydrogen) atoms. The highest BCUT2D eigenvalue weighted by molar-refractivity contribution is 5.68. The summed E-state index contributed by atoms with van der Waals surface area (Å²) in [5.41, 5.74) is 0.661. The number of rotatable bonds is 2. The molecule has 1 amide bonds. The molecule has 0 aliphatic carbocycles. The van der Waals surface area contributed by atoms with E-state index in [1.54, 1.807) is 4.68 Å². The molecule has 0 spiro atoms. The summed E-state index contributed by atoms with van der Waals surface area (Å²) in [5.74, 6) is 0.237. The summed E-state index contributed by atoms with van der Waals surface area (Å²) in [7, 11) is 1.89. The first kappa shape index (κ1) is 13.9. The van der Waals surface area contributed by atoms with E-state index < -0.39 is 5.60 Å². The molecule has 1 aliphatic rings. The molecule has 0 radical (unpaired) electrons. The largest absolute Gasteiger partial charge is 0.444 e. The fourth-order valence-electron chi connectivity index (χ4n) is 2.27. The van der Waals surface area contributed by atoms with Gasteiger partial charge in [0.2, 0.25) is 0 Å². The normalized spacial score (nSPS) is 23.4. The summed E-state index contributed by atoms with van der Waals surface area (Å²) < 4.78 is 7.07. The number of carbonyl (C=O) groups excluding carboxylic acids is 1. The number of aryl methyl sites for hydroxylation is 1. The third-order valence-electron chi connectivity index (χ3n) is 3.07. The van der Waals surface area contributed by atoms with Crippen LogP contribution < -0.4 is 10.6 Å². The predicted molar refractivity (Wildman–Crippen MR) is 72.0 cm³/mol. The molecule has 106 valence electrons. The summed E-state index contributed by atoms with van der Waals surface area (Å²) in [6.45, 7) is 7.17. The van der Waals surface area contributed by atoms with Crippen molar-refractivity contribution in [2.75, 3.05) is 13.1 Å². The molecule has 1 fully saturated rings. The van der Waals surface area contributed by atoms with Crippen molar-refractivity contribution in [3.63, 3.8) is 0 Å². The maximum atomic E-state index is 11.8. The van der Waals surface area contributed by atoms with Gasteiger partial charge in [0, 0.05) is 32.3 Å². The van der Waals surface area contributed by atoms with E-state index >= 15 is 0 Å². The number of ether oxygens (including phenoxy) is 1. The van der Waals surface area contributed by atoms with Crippen molar-refractivity contribution in [2.24, 2.45) is 7.05 Å². The van der Waals surface area contributed by atoms with Gasteiger partial charge in [0.1, 0.15) is 5.60 Å². The van der Waals surface area contributed by atoms with Crippen LogP contribution in [0.4, 0.5) is 4.79 Å². The molecule has 2 atom stereocenters. The number of hydrogen-bond acceptors (Lipinski definition) is 4. The molecule has 0 bridgehead atoms. The van der Waals surface area contributed by atoms with Gasteiger partial charge in [-0.1, -0.05) is 0 Å². The zero-order valence-electron chi connectivity index (χ0n) is 11.9. The fraction of sp³-hybridized carbons (Fsp3) is 0.692. The quantitative estimate of drug-likeness (QED) is 0.838. The van der Waals surface area contributed by atoms with E-state index in [9.17, 15) is 4.79 Å². The fourth-order valence-corrected chi connectivity index (χ4v) is 2.27. The Kier molecular flexibility index (Phi) is 3.80. The number of nitrogens with one attached hydrogen (secondary N) is 2. The highest BCUT2D eigenvalue weighted by atomic mass is 16.6. The van der Waals surface area contributed by atoms with E-state index in [1.165, 1.54) is 0 Å². The molecule has 6 heteroatoms. The lowest BCUT2D eigenvalue weighted by Crippen LogP contribution is -2.42. The Morgan fingerprint density at radius 2 is 2.26 bits per heavy atom. The maximum absolute atomic E-state index is 11.8. The van der Waals surface area contributed by atoms with E-state index in [-0.39, 0.29) is 18.1 Å². The predicted octanol–water partition coefficient (Wildman–Crippen LogP) is 1.00. The number of carbonyl (C=O) groups is 1. The number of amides is 1. The second-order valence-electron chi connectivity index (χ2n) is 5.96. The average Bonchev–Trinajstić information content (AvgIpc) is 2.83. The van der Waals surface area contributed by atoms with Crippen LogP contribution in [0.25, 0.3) is 0 Å². The van der Waals surface area contributed by atoms with Gasteiger partial charge in [-0.2, -0.15) is 5.10 Å². The van der Waals surface area contributed by atoms with Crippen LogP contribution in [-0.4, -0.2) is 40.6 Å². The van der Waals surface area contributed by atoms with Crippen molar-refractivity contribution < 1.29 is 9.53 Å². The molecule has 1 aromatic heterocycles. The molecule has 6 nitrogen and oxygen atoms in total. The molecule has 2 heterocycles. The number of hydrogen-bond donors (Lipinski definition) is 2. The molecule has 2 N–H and O–H groups in total. The molecule has 0 unspecified atom stereocenters. The van der Waals surface area contributed by atoms with Gasteiger partial charge in [-0.15, -0.1) is 0 Å². The zero-order chi connectivity index (χ0) is 14.0. The highest BCUT2D eigenvalue weighted by Crippen LogP contribution is 2.22. The first-order valence-corrected chi connectivity index (χ1v) is 6.54. The van der Waals surface area contributed by atoms with Crippen LogP contribution in [0.5, 0.6) is 0 Å². The van der Waals surface area contributed by atoms with Crippen LogP contribution in [0.3, 0.4) is 0 Å². The number of alkyl carbamates (subject to hydrolysis) is 1. The van der Waals surface area contributed by atoms with Crippen molar-refractivity contribution in [1.82, 2.24) is 20.4 Å². The van der Waals surface area contributed by atoms with Crippen molar-refractivity contribution in [1.29, 1.82) is 0 Å². The van der Waals surface area contributed by atoms with Crippen molar-refractivity contribution in [3.05, 3.63) is 18.0 Å². The molecular formula is C13H22N4O2. The van der Waals surface area contributed by atoms with Crippen LogP contribution in [-0.2, 0) is 11.8 Å². The van der Waals surface area contributed by atoms with E-state index in [0.717, 1.165) is 18.7 Å². The zero-order valence-corrected chi connectivity index (χ0v) is 11.9. The van der Waals surface area contributed by atoms with E-state index in [0.29, 0.717) is 0 Å². The van der Waals surface area contributed by atoms with Gasteiger partial charge in [0.25, 0.3) is 0 Å². The van der Waals surface area contributed by atoms with Crippen LogP contribution in [0.1, 0.15) is 32.3 Å². The lowest BCUT2D eigenvalue weighted by atomic mass is 9.97. The molecule has 2 rings (SSSR count). The van der Waals surface area contributed by atoms with Gasteiger partial charge in [0.05, 0.1) is 12.2 Å². The Labute approximate surface area is 113 Å². The second kappa shape index (κ2) is 5.21. The minimum absolute atomic E-state index is 0.0408. The first-order valence-electron chi connectivity index (χ1n) is 6.54. The van der Waals surface area contributed by atoms with Crippen LogP contribution in [0.2, 0.25) is 0 Å². The SMILES string of the molecule is Cn1cc([C@H]2CNC[C@@H]2NC(=O)OC(C)(C)C)cn1. The van der Waals surface area contributed by atoms with E-state index in [2.05, 4.69) is 15.7 Å². The number of nitrogens with zero attached hydrogens (tertiary/aromatic N) is 2.